The minimum atomic E-state index is -0.285. The number of rotatable bonds is 4. The van der Waals surface area contributed by atoms with Gasteiger partial charge in [0, 0.05) is 32.1 Å². The largest absolute Gasteiger partial charge is 0.339 e. The van der Waals surface area contributed by atoms with Gasteiger partial charge in [0.15, 0.2) is 0 Å². The SMILES string of the molecule is O=C(CN1C(=O)CCC1=O)N1CC(c2nc(-c3ccccn3)no2)C1. The Morgan fingerprint density at radius 3 is 2.64 bits per heavy atom. The molecule has 0 atom stereocenters. The Bertz CT molecular complexity index is 812. The summed E-state index contributed by atoms with van der Waals surface area (Å²) in [4.78, 5) is 46.4. The molecular formula is C16H15N5O4. The van der Waals surface area contributed by atoms with Crippen molar-refractivity contribution in [3.63, 3.8) is 0 Å². The van der Waals surface area contributed by atoms with Gasteiger partial charge in [0.1, 0.15) is 12.2 Å². The highest BCUT2D eigenvalue weighted by Crippen LogP contribution is 2.27. The molecule has 0 unspecified atom stereocenters. The van der Waals surface area contributed by atoms with E-state index in [9.17, 15) is 14.4 Å². The van der Waals surface area contributed by atoms with Crippen molar-refractivity contribution in [3.05, 3.63) is 30.3 Å². The molecule has 2 aromatic heterocycles. The van der Waals surface area contributed by atoms with Gasteiger partial charge in [0.2, 0.25) is 29.4 Å². The summed E-state index contributed by atoms with van der Waals surface area (Å²) in [5.41, 5.74) is 0.621. The monoisotopic (exact) mass is 341 g/mol. The van der Waals surface area contributed by atoms with Crippen LogP contribution in [0.2, 0.25) is 0 Å². The topological polar surface area (TPSA) is 110 Å². The van der Waals surface area contributed by atoms with Crippen LogP contribution in [-0.4, -0.2) is 62.3 Å². The van der Waals surface area contributed by atoms with Gasteiger partial charge in [-0.2, -0.15) is 4.98 Å². The molecule has 2 fully saturated rings. The molecule has 0 saturated carbocycles. The third-order valence-electron chi connectivity index (χ3n) is 4.37. The molecule has 4 heterocycles. The summed E-state index contributed by atoms with van der Waals surface area (Å²) in [5, 5.41) is 3.91. The van der Waals surface area contributed by atoms with Crippen LogP contribution in [-0.2, 0) is 14.4 Å². The van der Waals surface area contributed by atoms with Crippen molar-refractivity contribution in [1.82, 2.24) is 24.9 Å². The van der Waals surface area contributed by atoms with Gasteiger partial charge in [0.05, 0.1) is 5.92 Å². The third-order valence-corrected chi connectivity index (χ3v) is 4.37. The van der Waals surface area contributed by atoms with Gasteiger partial charge in [-0.05, 0) is 12.1 Å². The molecule has 0 N–H and O–H groups in total. The number of carbonyl (C=O) groups is 3. The first kappa shape index (κ1) is 15.4. The summed E-state index contributed by atoms with van der Waals surface area (Å²) in [6.45, 7) is 0.672. The van der Waals surface area contributed by atoms with Crippen molar-refractivity contribution in [3.8, 4) is 11.5 Å². The maximum absolute atomic E-state index is 12.2. The van der Waals surface area contributed by atoms with E-state index in [1.807, 2.05) is 6.07 Å². The van der Waals surface area contributed by atoms with Crippen LogP contribution in [0.15, 0.2) is 28.9 Å². The maximum atomic E-state index is 12.2. The first-order valence-electron chi connectivity index (χ1n) is 7.98. The molecular weight excluding hydrogens is 326 g/mol. The van der Waals surface area contributed by atoms with Crippen molar-refractivity contribution < 1.29 is 18.9 Å². The highest BCUT2D eigenvalue weighted by atomic mass is 16.5. The lowest BCUT2D eigenvalue weighted by Gasteiger charge is -2.37. The molecule has 2 aliphatic heterocycles. The lowest BCUT2D eigenvalue weighted by Crippen LogP contribution is -2.52. The molecule has 2 aliphatic rings. The molecule has 0 aromatic carbocycles. The minimum Gasteiger partial charge on any atom is -0.339 e. The van der Waals surface area contributed by atoms with Crippen molar-refractivity contribution in [2.45, 2.75) is 18.8 Å². The van der Waals surface area contributed by atoms with Crippen molar-refractivity contribution in [2.24, 2.45) is 0 Å². The summed E-state index contributed by atoms with van der Waals surface area (Å²) >= 11 is 0. The van der Waals surface area contributed by atoms with E-state index >= 15 is 0 Å². The van der Waals surface area contributed by atoms with Crippen LogP contribution in [0.1, 0.15) is 24.7 Å². The standard InChI is InChI=1S/C16H15N5O4/c22-12-4-5-13(23)21(12)9-14(24)20-7-10(8-20)16-18-15(19-25-16)11-3-1-2-6-17-11/h1-3,6,10H,4-5,7-9H2. The fourth-order valence-corrected chi connectivity index (χ4v) is 2.87. The molecule has 9 heteroatoms. The molecule has 2 aromatic rings. The molecule has 3 amide bonds. The summed E-state index contributed by atoms with van der Waals surface area (Å²) in [6, 6.07) is 5.42. The van der Waals surface area contributed by atoms with Crippen molar-refractivity contribution in [2.75, 3.05) is 19.6 Å². The zero-order valence-electron chi connectivity index (χ0n) is 13.3. The van der Waals surface area contributed by atoms with Crippen molar-refractivity contribution in [1.29, 1.82) is 0 Å². The lowest BCUT2D eigenvalue weighted by molar-refractivity contribution is -0.147. The molecule has 2 saturated heterocycles. The van der Waals surface area contributed by atoms with Crippen LogP contribution in [0.25, 0.3) is 11.5 Å². The average molecular weight is 341 g/mol. The molecule has 9 nitrogen and oxygen atoms in total. The van der Waals surface area contributed by atoms with E-state index in [1.54, 1.807) is 23.2 Å². The van der Waals surface area contributed by atoms with Gasteiger partial charge >= 0.3 is 0 Å². The second-order valence-corrected chi connectivity index (χ2v) is 6.04. The Kier molecular flexibility index (Phi) is 3.75. The van der Waals surface area contributed by atoms with E-state index in [1.165, 1.54) is 0 Å². The second-order valence-electron chi connectivity index (χ2n) is 6.04. The number of imide groups is 1. The van der Waals surface area contributed by atoms with Gasteiger partial charge in [-0.1, -0.05) is 11.2 Å². The average Bonchev–Trinajstić information content (AvgIpc) is 3.17. The maximum Gasteiger partial charge on any atom is 0.242 e. The van der Waals surface area contributed by atoms with E-state index in [0.717, 1.165) is 4.90 Å². The number of hydrogen-bond donors (Lipinski definition) is 0. The Morgan fingerprint density at radius 2 is 1.96 bits per heavy atom. The van der Waals surface area contributed by atoms with Crippen molar-refractivity contribution >= 4 is 17.7 Å². The van der Waals surface area contributed by atoms with Crippen LogP contribution in [0.4, 0.5) is 0 Å². The zero-order valence-corrected chi connectivity index (χ0v) is 13.3. The summed E-state index contributed by atoms with van der Waals surface area (Å²) in [7, 11) is 0. The van der Waals surface area contributed by atoms with Gasteiger partial charge in [-0.25, -0.2) is 0 Å². The molecule has 0 spiro atoms. The summed E-state index contributed by atoms with van der Waals surface area (Å²) in [6.07, 6.45) is 2.02. The van der Waals surface area contributed by atoms with E-state index in [4.69, 9.17) is 4.52 Å². The zero-order chi connectivity index (χ0) is 17.4. The van der Waals surface area contributed by atoms with Crippen LogP contribution in [0, 0.1) is 0 Å². The fourth-order valence-electron chi connectivity index (χ4n) is 2.87. The van der Waals surface area contributed by atoms with E-state index in [-0.39, 0.29) is 43.0 Å². The predicted molar refractivity (Wildman–Crippen MR) is 82.8 cm³/mol. The smallest absolute Gasteiger partial charge is 0.242 e. The number of nitrogens with zero attached hydrogens (tertiary/aromatic N) is 5. The lowest BCUT2D eigenvalue weighted by atomic mass is 10.00. The van der Waals surface area contributed by atoms with Crippen LogP contribution in [0.5, 0.6) is 0 Å². The van der Waals surface area contributed by atoms with Gasteiger partial charge < -0.3 is 9.42 Å². The second kappa shape index (κ2) is 6.08. The highest BCUT2D eigenvalue weighted by molar-refractivity contribution is 6.04. The molecule has 128 valence electrons. The molecule has 0 radical (unpaired) electrons. The summed E-state index contributed by atoms with van der Waals surface area (Å²) < 4.78 is 5.26. The molecule has 0 aliphatic carbocycles. The first-order valence-corrected chi connectivity index (χ1v) is 7.98. The van der Waals surface area contributed by atoms with E-state index in [2.05, 4.69) is 15.1 Å². The van der Waals surface area contributed by atoms with Crippen LogP contribution >= 0.6 is 0 Å². The number of hydrogen-bond acceptors (Lipinski definition) is 7. The van der Waals surface area contributed by atoms with Gasteiger partial charge in [-0.3, -0.25) is 24.3 Å². The van der Waals surface area contributed by atoms with Gasteiger partial charge in [-0.15, -0.1) is 0 Å². The number of pyridine rings is 1. The Balaban J connectivity index is 1.34. The molecule has 4 rings (SSSR count). The number of carbonyl (C=O) groups excluding carboxylic acids is 3. The first-order chi connectivity index (χ1) is 12.1. The number of amides is 3. The third kappa shape index (κ3) is 2.88. The Morgan fingerprint density at radius 1 is 1.20 bits per heavy atom. The van der Waals surface area contributed by atoms with Crippen LogP contribution < -0.4 is 0 Å². The van der Waals surface area contributed by atoms with E-state index < -0.39 is 0 Å². The molecule has 0 bridgehead atoms. The Hall–Kier alpha value is -3.10. The van der Waals surface area contributed by atoms with Gasteiger partial charge in [0.25, 0.3) is 0 Å². The van der Waals surface area contributed by atoms with E-state index in [0.29, 0.717) is 30.5 Å². The minimum absolute atomic E-state index is 0.0427. The van der Waals surface area contributed by atoms with Crippen LogP contribution in [0.3, 0.4) is 0 Å². The Labute approximate surface area is 142 Å². The number of aromatic nitrogens is 3. The number of likely N-dealkylation sites (tertiary alicyclic amines) is 2. The molecule has 25 heavy (non-hydrogen) atoms. The predicted octanol–water partition coefficient (Wildman–Crippen LogP) is 0.206. The normalized spacial score (nSPS) is 17.9. The quantitative estimate of drug-likeness (QED) is 0.731. The highest BCUT2D eigenvalue weighted by Gasteiger charge is 2.38. The fraction of sp³-hybridized carbons (Fsp3) is 0.375. The summed E-state index contributed by atoms with van der Waals surface area (Å²) in [5.74, 6) is 0.00882.